The number of methoxy groups -OCH3 is 1. The fourth-order valence-corrected chi connectivity index (χ4v) is 2.75. The Bertz CT molecular complexity index is 990. The number of hydrogen-bond donors (Lipinski definition) is 1. The third-order valence-corrected chi connectivity index (χ3v) is 3.89. The number of H-pyrrole nitrogens is 1. The van der Waals surface area contributed by atoms with E-state index < -0.39 is 0 Å². The summed E-state index contributed by atoms with van der Waals surface area (Å²) in [4.78, 5) is 16.1. The maximum atomic E-state index is 12.9. The van der Waals surface area contributed by atoms with Gasteiger partial charge in [-0.1, -0.05) is 30.3 Å². The topological polar surface area (TPSA) is 65.9 Å². The Balaban J connectivity index is 2.07. The van der Waals surface area contributed by atoms with E-state index in [0.29, 0.717) is 11.3 Å². The molecule has 2 aromatic carbocycles. The number of carbonyl (C=O) groups is 1. The first-order valence-corrected chi connectivity index (χ1v) is 7.52. The number of fused-ring (bicyclic) bond motifs is 1. The summed E-state index contributed by atoms with van der Waals surface area (Å²) in [5, 5.41) is 10.3. The molecule has 3 rings (SSSR count). The summed E-state index contributed by atoms with van der Waals surface area (Å²) in [5.41, 5.74) is 3.03. The normalized spacial score (nSPS) is 11.3. The average molecular weight is 316 g/mol. The van der Waals surface area contributed by atoms with Crippen LogP contribution >= 0.6 is 0 Å². The number of ketones is 1. The minimum absolute atomic E-state index is 0.0936. The fraction of sp³-hybridized carbons (Fsp3) is 0.100. The van der Waals surface area contributed by atoms with E-state index in [4.69, 9.17) is 4.74 Å². The molecule has 3 aromatic rings. The molecular formula is C20H16N2O2. The Hall–Kier alpha value is -3.32. The second kappa shape index (κ2) is 6.43. The highest BCUT2D eigenvalue weighted by Crippen LogP contribution is 2.25. The number of nitrogens with one attached hydrogen (secondary N) is 1. The first-order valence-electron chi connectivity index (χ1n) is 7.52. The third kappa shape index (κ3) is 2.80. The number of carbonyl (C=O) groups excluding carboxylic acids is 1. The van der Waals surface area contributed by atoms with Gasteiger partial charge in [0.1, 0.15) is 17.4 Å². The van der Waals surface area contributed by atoms with Gasteiger partial charge in [-0.2, -0.15) is 5.26 Å². The third-order valence-electron chi connectivity index (χ3n) is 3.89. The van der Waals surface area contributed by atoms with Crippen LogP contribution in [0.3, 0.4) is 0 Å². The molecule has 4 heteroatoms. The number of aryl methyl sites for hydroxylation is 1. The molecule has 4 nitrogen and oxygen atoms in total. The predicted molar refractivity (Wildman–Crippen MR) is 94.0 cm³/mol. The van der Waals surface area contributed by atoms with Gasteiger partial charge in [-0.25, -0.2) is 0 Å². The van der Waals surface area contributed by atoms with Crippen molar-refractivity contribution in [2.24, 2.45) is 0 Å². The molecule has 0 saturated heterocycles. The molecule has 0 amide bonds. The minimum Gasteiger partial charge on any atom is -0.497 e. The Kier molecular flexibility index (Phi) is 4.17. The molecule has 0 fully saturated rings. The summed E-state index contributed by atoms with van der Waals surface area (Å²) in [6, 6.07) is 16.9. The van der Waals surface area contributed by atoms with Crippen LogP contribution in [0.5, 0.6) is 5.75 Å². The van der Waals surface area contributed by atoms with Crippen molar-refractivity contribution in [2.45, 2.75) is 6.92 Å². The molecule has 0 aliphatic carbocycles. The highest BCUT2D eigenvalue weighted by atomic mass is 16.5. The van der Waals surface area contributed by atoms with Crippen molar-refractivity contribution in [1.82, 2.24) is 4.98 Å². The van der Waals surface area contributed by atoms with Crippen LogP contribution < -0.4 is 4.74 Å². The van der Waals surface area contributed by atoms with E-state index in [9.17, 15) is 10.1 Å². The van der Waals surface area contributed by atoms with E-state index >= 15 is 0 Å². The van der Waals surface area contributed by atoms with Gasteiger partial charge in [-0.15, -0.1) is 0 Å². The van der Waals surface area contributed by atoms with E-state index in [1.54, 1.807) is 19.3 Å². The lowest BCUT2D eigenvalue weighted by Gasteiger charge is -2.03. The molecule has 118 valence electrons. The number of allylic oxidation sites excluding steroid dienone is 1. The van der Waals surface area contributed by atoms with Crippen LogP contribution in [0.4, 0.5) is 0 Å². The number of Topliss-reactive ketones (excluding diaryl/α,β-unsaturated/α-hetero) is 1. The summed E-state index contributed by atoms with van der Waals surface area (Å²) in [6.45, 7) is 1.84. The average Bonchev–Trinajstić information content (AvgIpc) is 2.95. The van der Waals surface area contributed by atoms with Gasteiger partial charge in [0.2, 0.25) is 5.78 Å². The number of nitriles is 1. The van der Waals surface area contributed by atoms with Gasteiger partial charge in [0.25, 0.3) is 0 Å². The maximum Gasteiger partial charge on any atom is 0.205 e. The number of hydrogen-bond acceptors (Lipinski definition) is 3. The van der Waals surface area contributed by atoms with Crippen molar-refractivity contribution in [1.29, 1.82) is 5.26 Å². The molecule has 24 heavy (non-hydrogen) atoms. The summed E-state index contributed by atoms with van der Waals surface area (Å²) >= 11 is 0. The Morgan fingerprint density at radius 2 is 2.00 bits per heavy atom. The van der Waals surface area contributed by atoms with E-state index in [2.05, 4.69) is 4.98 Å². The lowest BCUT2D eigenvalue weighted by molar-refractivity contribution is 0.104. The summed E-state index contributed by atoms with van der Waals surface area (Å²) in [7, 11) is 1.58. The van der Waals surface area contributed by atoms with Gasteiger partial charge in [0.15, 0.2) is 0 Å². The monoisotopic (exact) mass is 316 g/mol. The van der Waals surface area contributed by atoms with Crippen molar-refractivity contribution in [3.05, 3.63) is 70.9 Å². The number of rotatable bonds is 4. The second-order valence-corrected chi connectivity index (χ2v) is 5.45. The minimum atomic E-state index is -0.282. The molecule has 1 aromatic heterocycles. The zero-order chi connectivity index (χ0) is 17.1. The van der Waals surface area contributed by atoms with Gasteiger partial charge in [0, 0.05) is 16.6 Å². The molecule has 1 N–H and O–H groups in total. The number of para-hydroxylation sites is 1. The number of ether oxygens (including phenoxy) is 1. The van der Waals surface area contributed by atoms with Crippen molar-refractivity contribution in [3.63, 3.8) is 0 Å². The molecule has 0 atom stereocenters. The summed E-state index contributed by atoms with van der Waals surface area (Å²) < 4.78 is 5.18. The fourth-order valence-electron chi connectivity index (χ4n) is 2.75. The zero-order valence-corrected chi connectivity index (χ0v) is 13.5. The molecule has 0 bridgehead atoms. The predicted octanol–water partition coefficient (Wildman–Crippen LogP) is 4.27. The van der Waals surface area contributed by atoms with Crippen molar-refractivity contribution >= 4 is 22.8 Å². The van der Waals surface area contributed by atoms with Crippen molar-refractivity contribution in [3.8, 4) is 11.8 Å². The smallest absolute Gasteiger partial charge is 0.205 e. The Labute approximate surface area is 140 Å². The van der Waals surface area contributed by atoms with Crippen LogP contribution in [0.25, 0.3) is 17.0 Å². The zero-order valence-electron chi connectivity index (χ0n) is 13.5. The largest absolute Gasteiger partial charge is 0.497 e. The first kappa shape index (κ1) is 15.6. The van der Waals surface area contributed by atoms with E-state index in [-0.39, 0.29) is 11.4 Å². The molecule has 1 heterocycles. The van der Waals surface area contributed by atoms with Crippen molar-refractivity contribution in [2.75, 3.05) is 7.11 Å². The molecular weight excluding hydrogens is 300 g/mol. The lowest BCUT2D eigenvalue weighted by Crippen LogP contribution is -2.03. The first-order chi connectivity index (χ1) is 11.6. The van der Waals surface area contributed by atoms with E-state index in [1.807, 2.05) is 55.5 Å². The number of aromatic amines is 1. The van der Waals surface area contributed by atoms with Crippen LogP contribution in [-0.2, 0) is 0 Å². The quantitative estimate of drug-likeness (QED) is 0.444. The summed E-state index contributed by atoms with van der Waals surface area (Å²) in [6.07, 6.45) is 1.59. The SMILES string of the molecule is COc1cccc(/C=C(\C#N)C(=O)c2c(C)[nH]c3ccccc23)c1. The van der Waals surface area contributed by atoms with Gasteiger partial charge in [0.05, 0.1) is 12.7 Å². The molecule has 0 aliphatic rings. The van der Waals surface area contributed by atoms with Gasteiger partial charge in [-0.3, -0.25) is 4.79 Å². The number of nitrogens with zero attached hydrogens (tertiary/aromatic N) is 1. The van der Waals surface area contributed by atoms with E-state index in [0.717, 1.165) is 22.2 Å². The van der Waals surface area contributed by atoms with Crippen LogP contribution in [0, 0.1) is 18.3 Å². The highest BCUT2D eigenvalue weighted by molar-refractivity contribution is 6.20. The Morgan fingerprint density at radius 3 is 2.75 bits per heavy atom. The summed E-state index contributed by atoms with van der Waals surface area (Å²) in [5.74, 6) is 0.395. The van der Waals surface area contributed by atoms with E-state index in [1.165, 1.54) is 0 Å². The van der Waals surface area contributed by atoms with Crippen LogP contribution in [-0.4, -0.2) is 17.9 Å². The standard InChI is InChI=1S/C20H16N2O2/c1-13-19(17-8-3-4-9-18(17)22-13)20(23)15(12-21)10-14-6-5-7-16(11-14)24-2/h3-11,22H,1-2H3/b15-10+. The van der Waals surface area contributed by atoms with Crippen molar-refractivity contribution < 1.29 is 9.53 Å². The Morgan fingerprint density at radius 1 is 1.21 bits per heavy atom. The maximum absolute atomic E-state index is 12.9. The lowest BCUT2D eigenvalue weighted by atomic mass is 9.99. The van der Waals surface area contributed by atoms with Crippen LogP contribution in [0.2, 0.25) is 0 Å². The highest BCUT2D eigenvalue weighted by Gasteiger charge is 2.19. The number of aromatic nitrogens is 1. The van der Waals surface area contributed by atoms with Gasteiger partial charge in [-0.05, 0) is 36.8 Å². The van der Waals surface area contributed by atoms with Crippen LogP contribution in [0.15, 0.2) is 54.1 Å². The molecule has 0 unspecified atom stereocenters. The van der Waals surface area contributed by atoms with Gasteiger partial charge < -0.3 is 9.72 Å². The second-order valence-electron chi connectivity index (χ2n) is 5.45. The van der Waals surface area contributed by atoms with Gasteiger partial charge >= 0.3 is 0 Å². The molecule has 0 saturated carbocycles. The molecule has 0 spiro atoms. The number of benzene rings is 2. The molecule has 0 radical (unpaired) electrons. The molecule has 0 aliphatic heterocycles. The van der Waals surface area contributed by atoms with Crippen LogP contribution in [0.1, 0.15) is 21.6 Å².